The van der Waals surface area contributed by atoms with Crippen LogP contribution in [0.3, 0.4) is 0 Å². The van der Waals surface area contributed by atoms with Crippen LogP contribution in [0.2, 0.25) is 0 Å². The minimum absolute atomic E-state index is 0.174. The molecule has 6 nitrogen and oxygen atoms in total. The van der Waals surface area contributed by atoms with Gasteiger partial charge in [-0.05, 0) is 32.4 Å². The third-order valence-electron chi connectivity index (χ3n) is 2.57. The molecule has 0 fully saturated rings. The molecule has 2 N–H and O–H groups in total. The molecule has 0 aliphatic rings. The maximum absolute atomic E-state index is 12.2. The first-order chi connectivity index (χ1) is 8.42. The first-order valence-electron chi connectivity index (χ1n) is 5.38. The van der Waals surface area contributed by atoms with Crippen LogP contribution in [-0.4, -0.2) is 23.6 Å². The topological polar surface area (TPSA) is 87.7 Å². The summed E-state index contributed by atoms with van der Waals surface area (Å²) in [5.41, 5.74) is 1.71. The maximum Gasteiger partial charge on any atom is 0.266 e. The molecule has 7 heteroatoms. The van der Waals surface area contributed by atoms with Gasteiger partial charge in [-0.2, -0.15) is 5.10 Å². The molecule has 0 saturated heterocycles. The molecule has 0 aliphatic carbocycles. The quantitative estimate of drug-likeness (QED) is 0.881. The van der Waals surface area contributed by atoms with Crippen LogP contribution < -0.4 is 4.72 Å². The van der Waals surface area contributed by atoms with Gasteiger partial charge in [0.05, 0.1) is 11.4 Å². The molecule has 0 amide bonds. The SMILES string of the molecule is Cc1cccnc1NS(=O)(=O)c1c(C)n[nH]c1C. The van der Waals surface area contributed by atoms with Gasteiger partial charge in [-0.1, -0.05) is 6.07 Å². The highest BCUT2D eigenvalue weighted by Gasteiger charge is 2.23. The van der Waals surface area contributed by atoms with Crippen LogP contribution in [-0.2, 0) is 10.0 Å². The predicted octanol–water partition coefficient (Wildman–Crippen LogP) is 1.53. The van der Waals surface area contributed by atoms with E-state index in [0.29, 0.717) is 17.2 Å². The van der Waals surface area contributed by atoms with Crippen molar-refractivity contribution >= 4 is 15.8 Å². The lowest BCUT2D eigenvalue weighted by Gasteiger charge is -2.09. The van der Waals surface area contributed by atoms with Crippen LogP contribution >= 0.6 is 0 Å². The summed E-state index contributed by atoms with van der Waals surface area (Å²) < 4.78 is 27.0. The third kappa shape index (κ3) is 2.21. The number of aromatic nitrogens is 3. The molecule has 2 aromatic heterocycles. The van der Waals surface area contributed by atoms with E-state index in [0.717, 1.165) is 5.56 Å². The fourth-order valence-electron chi connectivity index (χ4n) is 1.71. The fourth-order valence-corrected chi connectivity index (χ4v) is 3.16. The standard InChI is InChI=1S/C11H14N4O2S/c1-7-5-4-6-12-11(7)15-18(16,17)10-8(2)13-14-9(10)3/h4-6H,1-3H3,(H,12,15)(H,13,14). The zero-order valence-corrected chi connectivity index (χ0v) is 11.2. The fraction of sp³-hybridized carbons (Fsp3) is 0.273. The summed E-state index contributed by atoms with van der Waals surface area (Å²) in [6.45, 7) is 5.10. The second kappa shape index (κ2) is 4.41. The van der Waals surface area contributed by atoms with Gasteiger partial charge in [0.15, 0.2) is 0 Å². The number of hydrogen-bond acceptors (Lipinski definition) is 4. The summed E-state index contributed by atoms with van der Waals surface area (Å²) in [6.07, 6.45) is 1.54. The van der Waals surface area contributed by atoms with Crippen molar-refractivity contribution < 1.29 is 8.42 Å². The lowest BCUT2D eigenvalue weighted by Crippen LogP contribution is -2.16. The third-order valence-corrected chi connectivity index (χ3v) is 4.17. The molecular weight excluding hydrogens is 252 g/mol. The molecular formula is C11H14N4O2S. The van der Waals surface area contributed by atoms with Crippen LogP contribution in [0.1, 0.15) is 17.0 Å². The van der Waals surface area contributed by atoms with Crippen LogP contribution in [0, 0.1) is 20.8 Å². The lowest BCUT2D eigenvalue weighted by molar-refractivity contribution is 0.600. The van der Waals surface area contributed by atoms with E-state index in [-0.39, 0.29) is 4.90 Å². The van der Waals surface area contributed by atoms with Gasteiger partial charge in [-0.25, -0.2) is 13.4 Å². The number of aromatic amines is 1. The van der Waals surface area contributed by atoms with Gasteiger partial charge in [0.1, 0.15) is 10.7 Å². The van der Waals surface area contributed by atoms with Gasteiger partial charge >= 0.3 is 0 Å². The van der Waals surface area contributed by atoms with E-state index in [2.05, 4.69) is 19.9 Å². The number of anilines is 1. The number of nitrogens with one attached hydrogen (secondary N) is 2. The molecule has 0 radical (unpaired) electrons. The Morgan fingerprint density at radius 3 is 2.56 bits per heavy atom. The highest BCUT2D eigenvalue weighted by molar-refractivity contribution is 7.92. The normalized spacial score (nSPS) is 11.5. The molecule has 2 heterocycles. The van der Waals surface area contributed by atoms with Crippen LogP contribution in [0.25, 0.3) is 0 Å². The molecule has 2 aromatic rings. The molecule has 0 bridgehead atoms. The van der Waals surface area contributed by atoms with Crippen LogP contribution in [0.5, 0.6) is 0 Å². The Kier molecular flexibility index (Phi) is 3.08. The molecule has 96 valence electrons. The molecule has 0 aromatic carbocycles. The van der Waals surface area contributed by atoms with Crippen molar-refractivity contribution in [1.29, 1.82) is 0 Å². The van der Waals surface area contributed by atoms with Gasteiger partial charge in [0.25, 0.3) is 10.0 Å². The number of sulfonamides is 1. The summed E-state index contributed by atoms with van der Waals surface area (Å²) in [7, 11) is -3.66. The molecule has 0 saturated carbocycles. The monoisotopic (exact) mass is 266 g/mol. The van der Waals surface area contributed by atoms with Crippen LogP contribution in [0.15, 0.2) is 23.2 Å². The highest BCUT2D eigenvalue weighted by Crippen LogP contribution is 2.21. The molecule has 0 unspecified atom stereocenters. The number of H-pyrrole nitrogens is 1. The summed E-state index contributed by atoms with van der Waals surface area (Å²) >= 11 is 0. The van der Waals surface area contributed by atoms with Crippen molar-refractivity contribution in [3.05, 3.63) is 35.3 Å². The lowest BCUT2D eigenvalue weighted by atomic mass is 10.3. The van der Waals surface area contributed by atoms with E-state index in [4.69, 9.17) is 0 Å². The average molecular weight is 266 g/mol. The molecule has 0 aliphatic heterocycles. The smallest absolute Gasteiger partial charge is 0.266 e. The Labute approximate surface area is 106 Å². The molecule has 0 atom stereocenters. The maximum atomic E-state index is 12.2. The Hall–Kier alpha value is -1.89. The van der Waals surface area contributed by atoms with Gasteiger partial charge in [0.2, 0.25) is 0 Å². The number of pyridine rings is 1. The predicted molar refractivity (Wildman–Crippen MR) is 67.8 cm³/mol. The first-order valence-corrected chi connectivity index (χ1v) is 6.86. The van der Waals surface area contributed by atoms with Crippen molar-refractivity contribution in [1.82, 2.24) is 15.2 Å². The minimum atomic E-state index is -3.66. The highest BCUT2D eigenvalue weighted by atomic mass is 32.2. The van der Waals surface area contributed by atoms with E-state index in [9.17, 15) is 8.42 Å². The van der Waals surface area contributed by atoms with E-state index in [1.165, 1.54) is 0 Å². The van der Waals surface area contributed by atoms with E-state index in [1.807, 2.05) is 0 Å². The second-order valence-electron chi connectivity index (χ2n) is 4.04. The molecule has 18 heavy (non-hydrogen) atoms. The Morgan fingerprint density at radius 2 is 2.00 bits per heavy atom. The van der Waals surface area contributed by atoms with Gasteiger partial charge < -0.3 is 0 Å². The zero-order valence-electron chi connectivity index (χ0n) is 10.4. The van der Waals surface area contributed by atoms with E-state index < -0.39 is 10.0 Å². The Bertz CT molecular complexity index is 657. The Morgan fingerprint density at radius 1 is 1.28 bits per heavy atom. The van der Waals surface area contributed by atoms with Crippen molar-refractivity contribution in [2.24, 2.45) is 0 Å². The number of rotatable bonds is 3. The van der Waals surface area contributed by atoms with E-state index >= 15 is 0 Å². The summed E-state index contributed by atoms with van der Waals surface area (Å²) in [6, 6.07) is 3.54. The Balaban J connectivity index is 2.43. The zero-order chi connectivity index (χ0) is 13.3. The number of nitrogens with zero attached hydrogens (tertiary/aromatic N) is 2. The summed E-state index contributed by atoms with van der Waals surface area (Å²) in [4.78, 5) is 4.19. The van der Waals surface area contributed by atoms with Crippen molar-refractivity contribution in [3.8, 4) is 0 Å². The van der Waals surface area contributed by atoms with Gasteiger partial charge in [-0.3, -0.25) is 9.82 Å². The van der Waals surface area contributed by atoms with Gasteiger partial charge in [-0.15, -0.1) is 0 Å². The summed E-state index contributed by atoms with van der Waals surface area (Å²) in [5.74, 6) is 0.331. The molecule has 0 spiro atoms. The molecule has 2 rings (SSSR count). The first kappa shape index (κ1) is 12.6. The van der Waals surface area contributed by atoms with Crippen molar-refractivity contribution in [2.75, 3.05) is 4.72 Å². The largest absolute Gasteiger partial charge is 0.281 e. The average Bonchev–Trinajstić information content (AvgIpc) is 2.62. The van der Waals surface area contributed by atoms with E-state index in [1.54, 1.807) is 39.1 Å². The van der Waals surface area contributed by atoms with Crippen molar-refractivity contribution in [2.45, 2.75) is 25.7 Å². The van der Waals surface area contributed by atoms with Gasteiger partial charge in [0, 0.05) is 6.20 Å². The number of hydrogen-bond donors (Lipinski definition) is 2. The number of aryl methyl sites for hydroxylation is 3. The van der Waals surface area contributed by atoms with Crippen molar-refractivity contribution in [3.63, 3.8) is 0 Å². The van der Waals surface area contributed by atoms with Crippen LogP contribution in [0.4, 0.5) is 5.82 Å². The second-order valence-corrected chi connectivity index (χ2v) is 5.66. The minimum Gasteiger partial charge on any atom is -0.281 e. The summed E-state index contributed by atoms with van der Waals surface area (Å²) in [5, 5.41) is 6.54.